The summed E-state index contributed by atoms with van der Waals surface area (Å²) in [5.41, 5.74) is 1.04. The first-order chi connectivity index (χ1) is 8.63. The number of nitrogens with zero attached hydrogens (tertiary/aromatic N) is 1. The minimum absolute atomic E-state index is 0.197. The first-order valence-corrected chi connectivity index (χ1v) is 7.30. The van der Waals surface area contributed by atoms with Crippen molar-refractivity contribution in [3.8, 4) is 0 Å². The van der Waals surface area contributed by atoms with Crippen LogP contribution in [0.1, 0.15) is 25.8 Å². The molecule has 2 rings (SSSR count). The minimum Gasteiger partial charge on any atom is -0.361 e. The third-order valence-corrected chi connectivity index (χ3v) is 3.91. The van der Waals surface area contributed by atoms with E-state index in [1.165, 1.54) is 18.6 Å². The molecule has 0 radical (unpaired) electrons. The summed E-state index contributed by atoms with van der Waals surface area (Å²) < 4.78 is 12.7. The summed E-state index contributed by atoms with van der Waals surface area (Å²) in [7, 11) is 0. The number of benzene rings is 1. The van der Waals surface area contributed by atoms with Gasteiger partial charge in [-0.05, 0) is 30.0 Å². The molecule has 1 atom stereocenters. The molecule has 0 bridgehead atoms. The molecule has 1 heterocycles. The highest BCUT2D eigenvalue weighted by Crippen LogP contribution is 2.19. The lowest BCUT2D eigenvalue weighted by Gasteiger charge is -2.11. The zero-order valence-electron chi connectivity index (χ0n) is 10.8. The van der Waals surface area contributed by atoms with Gasteiger partial charge in [-0.1, -0.05) is 37.7 Å². The Bertz CT molecular complexity index is 414. The second-order valence-corrected chi connectivity index (χ2v) is 6.04. The van der Waals surface area contributed by atoms with E-state index in [0.717, 1.165) is 16.5 Å². The van der Waals surface area contributed by atoms with E-state index in [1.807, 2.05) is 0 Å². The standard InChI is InChI=1S/C14H19FN2S/c1-10(2)7-13-9-18-14(17-13)16-8-11-3-5-12(15)6-4-11/h3-6,10,13H,7-9H2,1-2H3,(H,16,17). The van der Waals surface area contributed by atoms with Gasteiger partial charge in [0.1, 0.15) is 5.82 Å². The molecule has 1 aliphatic heterocycles. The molecule has 1 aromatic rings. The third-order valence-electron chi connectivity index (χ3n) is 2.82. The van der Waals surface area contributed by atoms with Crippen molar-refractivity contribution in [1.82, 2.24) is 5.32 Å². The molecule has 1 unspecified atom stereocenters. The molecule has 98 valence electrons. The number of amidine groups is 1. The van der Waals surface area contributed by atoms with E-state index in [1.54, 1.807) is 23.9 Å². The molecule has 0 spiro atoms. The van der Waals surface area contributed by atoms with Crippen LogP contribution in [0.15, 0.2) is 29.3 Å². The smallest absolute Gasteiger partial charge is 0.157 e. The van der Waals surface area contributed by atoms with Gasteiger partial charge in [-0.2, -0.15) is 0 Å². The van der Waals surface area contributed by atoms with E-state index in [9.17, 15) is 4.39 Å². The highest BCUT2D eigenvalue weighted by molar-refractivity contribution is 8.14. The average Bonchev–Trinajstić information content (AvgIpc) is 2.75. The van der Waals surface area contributed by atoms with E-state index in [2.05, 4.69) is 24.2 Å². The SMILES string of the molecule is CC(C)CC1CSC(=NCc2ccc(F)cc2)N1. The molecule has 1 aromatic carbocycles. The van der Waals surface area contributed by atoms with Crippen LogP contribution in [0.3, 0.4) is 0 Å². The van der Waals surface area contributed by atoms with Crippen molar-refractivity contribution in [2.75, 3.05) is 5.75 Å². The fraction of sp³-hybridized carbons (Fsp3) is 0.500. The topological polar surface area (TPSA) is 24.4 Å². The van der Waals surface area contributed by atoms with Gasteiger partial charge in [-0.3, -0.25) is 4.99 Å². The zero-order chi connectivity index (χ0) is 13.0. The number of thioether (sulfide) groups is 1. The van der Waals surface area contributed by atoms with Gasteiger partial charge in [0, 0.05) is 11.8 Å². The van der Waals surface area contributed by atoms with Crippen molar-refractivity contribution in [1.29, 1.82) is 0 Å². The fourth-order valence-electron chi connectivity index (χ4n) is 1.98. The van der Waals surface area contributed by atoms with E-state index < -0.39 is 0 Å². The lowest BCUT2D eigenvalue weighted by atomic mass is 10.1. The van der Waals surface area contributed by atoms with Gasteiger partial charge in [-0.15, -0.1) is 0 Å². The molecule has 1 aliphatic rings. The second kappa shape index (κ2) is 6.23. The molecule has 0 aromatic heterocycles. The van der Waals surface area contributed by atoms with Gasteiger partial charge in [0.2, 0.25) is 0 Å². The molecule has 0 saturated carbocycles. The fourth-order valence-corrected chi connectivity index (χ4v) is 2.96. The predicted molar refractivity (Wildman–Crippen MR) is 76.4 cm³/mol. The van der Waals surface area contributed by atoms with E-state index in [-0.39, 0.29) is 5.82 Å². The Morgan fingerprint density at radius 1 is 1.39 bits per heavy atom. The highest BCUT2D eigenvalue weighted by atomic mass is 32.2. The summed E-state index contributed by atoms with van der Waals surface area (Å²) in [5, 5.41) is 4.46. The lowest BCUT2D eigenvalue weighted by molar-refractivity contribution is 0.502. The van der Waals surface area contributed by atoms with Crippen LogP contribution < -0.4 is 5.32 Å². The predicted octanol–water partition coefficient (Wildman–Crippen LogP) is 3.43. The largest absolute Gasteiger partial charge is 0.361 e. The monoisotopic (exact) mass is 266 g/mol. The first kappa shape index (κ1) is 13.4. The van der Waals surface area contributed by atoms with Gasteiger partial charge in [0.15, 0.2) is 5.17 Å². The van der Waals surface area contributed by atoms with Gasteiger partial charge in [0.05, 0.1) is 6.54 Å². The van der Waals surface area contributed by atoms with Crippen LogP contribution in [-0.4, -0.2) is 17.0 Å². The highest BCUT2D eigenvalue weighted by Gasteiger charge is 2.20. The van der Waals surface area contributed by atoms with E-state index >= 15 is 0 Å². The Morgan fingerprint density at radius 2 is 2.11 bits per heavy atom. The number of nitrogens with one attached hydrogen (secondary N) is 1. The molecule has 1 saturated heterocycles. The summed E-state index contributed by atoms with van der Waals surface area (Å²) >= 11 is 1.78. The third kappa shape index (κ3) is 4.02. The van der Waals surface area contributed by atoms with Gasteiger partial charge >= 0.3 is 0 Å². The van der Waals surface area contributed by atoms with Gasteiger partial charge in [-0.25, -0.2) is 4.39 Å². The number of hydrogen-bond donors (Lipinski definition) is 1. The maximum atomic E-state index is 12.7. The van der Waals surface area contributed by atoms with Gasteiger partial charge < -0.3 is 5.32 Å². The van der Waals surface area contributed by atoms with Crippen LogP contribution >= 0.6 is 11.8 Å². The number of rotatable bonds is 4. The molecule has 1 fully saturated rings. The Balaban J connectivity index is 1.85. The Labute approximate surface area is 112 Å². The molecule has 18 heavy (non-hydrogen) atoms. The molecule has 0 amide bonds. The van der Waals surface area contributed by atoms with Crippen molar-refractivity contribution in [3.63, 3.8) is 0 Å². The summed E-state index contributed by atoms with van der Waals surface area (Å²) in [6.07, 6.45) is 1.18. The van der Waals surface area contributed by atoms with Crippen LogP contribution in [0, 0.1) is 11.7 Å². The Morgan fingerprint density at radius 3 is 2.78 bits per heavy atom. The Hall–Kier alpha value is -1.03. The number of aliphatic imine (C=N–C) groups is 1. The van der Waals surface area contributed by atoms with Crippen LogP contribution in [0.4, 0.5) is 4.39 Å². The quantitative estimate of drug-likeness (QED) is 0.903. The van der Waals surface area contributed by atoms with Crippen molar-refractivity contribution >= 4 is 16.9 Å². The molecule has 0 aliphatic carbocycles. The van der Waals surface area contributed by atoms with Crippen molar-refractivity contribution in [3.05, 3.63) is 35.6 Å². The summed E-state index contributed by atoms with van der Waals surface area (Å²) in [5.74, 6) is 1.61. The normalized spacial score (nSPS) is 21.6. The second-order valence-electron chi connectivity index (χ2n) is 5.03. The summed E-state index contributed by atoms with van der Waals surface area (Å²) in [4.78, 5) is 4.53. The molecule has 4 heteroatoms. The van der Waals surface area contributed by atoms with Crippen LogP contribution in [-0.2, 0) is 6.54 Å². The maximum absolute atomic E-state index is 12.7. The maximum Gasteiger partial charge on any atom is 0.157 e. The lowest BCUT2D eigenvalue weighted by Crippen LogP contribution is -2.28. The minimum atomic E-state index is -0.197. The molecular weight excluding hydrogens is 247 g/mol. The number of halogens is 1. The van der Waals surface area contributed by atoms with Crippen molar-refractivity contribution in [2.24, 2.45) is 10.9 Å². The van der Waals surface area contributed by atoms with E-state index in [0.29, 0.717) is 18.5 Å². The molecule has 1 N–H and O–H groups in total. The van der Waals surface area contributed by atoms with Crippen LogP contribution in [0.5, 0.6) is 0 Å². The van der Waals surface area contributed by atoms with Gasteiger partial charge in [0.25, 0.3) is 0 Å². The van der Waals surface area contributed by atoms with Crippen LogP contribution in [0.25, 0.3) is 0 Å². The number of hydrogen-bond acceptors (Lipinski definition) is 2. The summed E-state index contributed by atoms with van der Waals surface area (Å²) in [6, 6.07) is 7.07. The first-order valence-electron chi connectivity index (χ1n) is 6.31. The molecular formula is C14H19FN2S. The Kier molecular flexibility index (Phi) is 4.64. The van der Waals surface area contributed by atoms with Crippen LogP contribution in [0.2, 0.25) is 0 Å². The van der Waals surface area contributed by atoms with Crippen molar-refractivity contribution in [2.45, 2.75) is 32.9 Å². The average molecular weight is 266 g/mol. The van der Waals surface area contributed by atoms with E-state index in [4.69, 9.17) is 0 Å². The van der Waals surface area contributed by atoms with Crippen molar-refractivity contribution < 1.29 is 4.39 Å². The molecule has 2 nitrogen and oxygen atoms in total. The summed E-state index contributed by atoms with van der Waals surface area (Å²) in [6.45, 7) is 5.09. The zero-order valence-corrected chi connectivity index (χ0v) is 11.6.